The second-order valence-corrected chi connectivity index (χ2v) is 5.12. The van der Waals surface area contributed by atoms with E-state index in [1.54, 1.807) is 24.3 Å². The fraction of sp³-hybridized carbons (Fsp3) is 0.222. The summed E-state index contributed by atoms with van der Waals surface area (Å²) in [4.78, 5) is 12.0. The van der Waals surface area contributed by atoms with Crippen LogP contribution in [0, 0.1) is 5.41 Å². The number of aryl methyl sites for hydroxylation is 1. The Morgan fingerprint density at radius 1 is 1.13 bits per heavy atom. The quantitative estimate of drug-likeness (QED) is 0.542. The number of hydrogen-bond acceptors (Lipinski definition) is 3. The largest absolute Gasteiger partial charge is 0.494 e. The highest BCUT2D eigenvalue weighted by atomic mass is 16.5. The Hall–Kier alpha value is -2.82. The summed E-state index contributed by atoms with van der Waals surface area (Å²) in [5, 5.41) is 10.2. The number of carbonyl (C=O) groups is 1. The van der Waals surface area contributed by atoms with Gasteiger partial charge < -0.3 is 15.8 Å². The van der Waals surface area contributed by atoms with Crippen LogP contribution in [0.3, 0.4) is 0 Å². The predicted molar refractivity (Wildman–Crippen MR) is 92.0 cm³/mol. The number of nitrogens with one attached hydrogen (secondary N) is 2. The summed E-state index contributed by atoms with van der Waals surface area (Å²) >= 11 is 0. The van der Waals surface area contributed by atoms with Crippen LogP contribution in [-0.2, 0) is 11.2 Å². The van der Waals surface area contributed by atoms with Crippen molar-refractivity contribution in [2.45, 2.75) is 19.8 Å². The van der Waals surface area contributed by atoms with Gasteiger partial charge in [-0.15, -0.1) is 0 Å². The molecule has 0 saturated heterocycles. The highest BCUT2D eigenvalue weighted by molar-refractivity contribution is 5.96. The van der Waals surface area contributed by atoms with Crippen LogP contribution in [0.2, 0.25) is 0 Å². The summed E-state index contributed by atoms with van der Waals surface area (Å²) in [5.41, 5.74) is 7.82. The maximum Gasteiger partial charge on any atom is 0.224 e. The molecule has 2 aromatic carbocycles. The van der Waals surface area contributed by atoms with Crippen LogP contribution in [0.1, 0.15) is 24.5 Å². The Bertz CT molecular complexity index is 664. The molecule has 0 fully saturated rings. The highest BCUT2D eigenvalue weighted by Crippen LogP contribution is 2.14. The number of ether oxygens (including phenoxy) is 1. The first-order chi connectivity index (χ1) is 11.1. The van der Waals surface area contributed by atoms with Gasteiger partial charge in [-0.2, -0.15) is 0 Å². The number of amidine groups is 1. The number of amides is 1. The zero-order chi connectivity index (χ0) is 16.7. The first-order valence-corrected chi connectivity index (χ1v) is 7.54. The number of carbonyl (C=O) groups excluding carboxylic acids is 1. The van der Waals surface area contributed by atoms with E-state index in [1.807, 2.05) is 31.2 Å². The van der Waals surface area contributed by atoms with E-state index < -0.39 is 0 Å². The molecule has 0 aliphatic rings. The standard InChI is InChI=1S/C18H21N3O2/c1-2-23-16-10-3-13(4-11-16)5-12-17(22)21-15-8-6-14(7-9-15)18(19)20/h3-4,6-11H,2,5,12H2,1H3,(H3,19,20)(H,21,22). The Morgan fingerprint density at radius 3 is 2.35 bits per heavy atom. The average molecular weight is 311 g/mol. The van der Waals surface area contributed by atoms with Gasteiger partial charge in [0.1, 0.15) is 11.6 Å². The van der Waals surface area contributed by atoms with Gasteiger partial charge in [-0.1, -0.05) is 12.1 Å². The van der Waals surface area contributed by atoms with Crippen molar-refractivity contribution in [2.24, 2.45) is 5.73 Å². The van der Waals surface area contributed by atoms with Crippen molar-refractivity contribution >= 4 is 17.4 Å². The zero-order valence-electron chi connectivity index (χ0n) is 13.1. The third kappa shape index (κ3) is 5.14. The lowest BCUT2D eigenvalue weighted by Crippen LogP contribution is -2.13. The van der Waals surface area contributed by atoms with Crippen molar-refractivity contribution in [3.05, 3.63) is 59.7 Å². The minimum Gasteiger partial charge on any atom is -0.494 e. The molecule has 2 rings (SSSR count). The molecule has 1 amide bonds. The van der Waals surface area contributed by atoms with E-state index in [-0.39, 0.29) is 11.7 Å². The van der Waals surface area contributed by atoms with E-state index >= 15 is 0 Å². The smallest absolute Gasteiger partial charge is 0.224 e. The molecular formula is C18H21N3O2. The van der Waals surface area contributed by atoms with Crippen molar-refractivity contribution in [2.75, 3.05) is 11.9 Å². The monoisotopic (exact) mass is 311 g/mol. The van der Waals surface area contributed by atoms with Crippen LogP contribution in [0.15, 0.2) is 48.5 Å². The molecule has 0 aromatic heterocycles. The molecule has 0 aliphatic heterocycles. The Balaban J connectivity index is 1.83. The van der Waals surface area contributed by atoms with Crippen molar-refractivity contribution in [1.29, 1.82) is 5.41 Å². The van der Waals surface area contributed by atoms with Crippen molar-refractivity contribution in [1.82, 2.24) is 0 Å². The molecule has 120 valence electrons. The molecule has 23 heavy (non-hydrogen) atoms. The summed E-state index contributed by atoms with van der Waals surface area (Å²) in [6.45, 7) is 2.59. The molecule has 5 nitrogen and oxygen atoms in total. The lowest BCUT2D eigenvalue weighted by atomic mass is 10.1. The molecular weight excluding hydrogens is 290 g/mol. The van der Waals surface area contributed by atoms with Crippen molar-refractivity contribution in [3.8, 4) is 5.75 Å². The van der Waals surface area contributed by atoms with Crippen molar-refractivity contribution in [3.63, 3.8) is 0 Å². The minimum atomic E-state index is -0.0468. The molecule has 0 unspecified atom stereocenters. The number of nitrogen functional groups attached to an aromatic ring is 1. The van der Waals surface area contributed by atoms with E-state index in [4.69, 9.17) is 15.9 Å². The molecule has 0 atom stereocenters. The van der Waals surface area contributed by atoms with Gasteiger partial charge in [0.05, 0.1) is 6.61 Å². The van der Waals surface area contributed by atoms with Crippen LogP contribution in [0.4, 0.5) is 5.69 Å². The second-order valence-electron chi connectivity index (χ2n) is 5.12. The number of benzene rings is 2. The predicted octanol–water partition coefficient (Wildman–Crippen LogP) is 2.94. The molecule has 0 aliphatic carbocycles. The van der Waals surface area contributed by atoms with E-state index in [2.05, 4.69) is 5.32 Å². The molecule has 0 saturated carbocycles. The number of anilines is 1. The first-order valence-electron chi connectivity index (χ1n) is 7.54. The number of nitrogens with two attached hydrogens (primary N) is 1. The molecule has 0 spiro atoms. The van der Waals surface area contributed by atoms with Gasteiger partial charge in [0.25, 0.3) is 0 Å². The Kier molecular flexibility index (Phi) is 5.74. The molecule has 0 radical (unpaired) electrons. The fourth-order valence-corrected chi connectivity index (χ4v) is 2.13. The van der Waals surface area contributed by atoms with Gasteiger partial charge in [0, 0.05) is 17.7 Å². The third-order valence-electron chi connectivity index (χ3n) is 3.35. The van der Waals surface area contributed by atoms with E-state index in [0.717, 1.165) is 11.3 Å². The second kappa shape index (κ2) is 7.98. The van der Waals surface area contributed by atoms with Crippen LogP contribution < -0.4 is 15.8 Å². The number of rotatable bonds is 7. The van der Waals surface area contributed by atoms with Gasteiger partial charge >= 0.3 is 0 Å². The molecule has 5 heteroatoms. The first kappa shape index (κ1) is 16.5. The maximum absolute atomic E-state index is 12.0. The van der Waals surface area contributed by atoms with Gasteiger partial charge in [0.15, 0.2) is 0 Å². The maximum atomic E-state index is 12.0. The van der Waals surface area contributed by atoms with Crippen LogP contribution in [-0.4, -0.2) is 18.3 Å². The van der Waals surface area contributed by atoms with Crippen molar-refractivity contribution < 1.29 is 9.53 Å². The van der Waals surface area contributed by atoms with Crippen LogP contribution in [0.25, 0.3) is 0 Å². The summed E-state index contributed by atoms with van der Waals surface area (Å²) < 4.78 is 5.39. The SMILES string of the molecule is CCOc1ccc(CCC(=O)Nc2ccc(C(=N)N)cc2)cc1. The summed E-state index contributed by atoms with van der Waals surface area (Å²) in [6, 6.07) is 14.7. The molecule has 0 heterocycles. The van der Waals surface area contributed by atoms with Crippen LogP contribution in [0.5, 0.6) is 5.75 Å². The Labute approximate surface area is 136 Å². The molecule has 0 bridgehead atoms. The lowest BCUT2D eigenvalue weighted by Gasteiger charge is -2.07. The van der Waals surface area contributed by atoms with Crippen LogP contribution >= 0.6 is 0 Å². The highest BCUT2D eigenvalue weighted by Gasteiger charge is 2.04. The van der Waals surface area contributed by atoms with E-state index in [0.29, 0.717) is 30.7 Å². The summed E-state index contributed by atoms with van der Waals surface area (Å²) in [7, 11) is 0. The number of hydrogen-bond donors (Lipinski definition) is 3. The normalized spacial score (nSPS) is 10.1. The van der Waals surface area contributed by atoms with Gasteiger partial charge in [0.2, 0.25) is 5.91 Å². The summed E-state index contributed by atoms with van der Waals surface area (Å²) in [5.74, 6) is 0.805. The topological polar surface area (TPSA) is 88.2 Å². The van der Waals surface area contributed by atoms with Gasteiger partial charge in [-0.3, -0.25) is 10.2 Å². The minimum absolute atomic E-state index is 0.0124. The summed E-state index contributed by atoms with van der Waals surface area (Å²) in [6.07, 6.45) is 1.08. The zero-order valence-corrected chi connectivity index (χ0v) is 13.1. The lowest BCUT2D eigenvalue weighted by molar-refractivity contribution is -0.116. The molecule has 2 aromatic rings. The fourth-order valence-electron chi connectivity index (χ4n) is 2.13. The molecule has 4 N–H and O–H groups in total. The van der Waals surface area contributed by atoms with E-state index in [9.17, 15) is 4.79 Å². The van der Waals surface area contributed by atoms with Gasteiger partial charge in [-0.05, 0) is 55.3 Å². The third-order valence-corrected chi connectivity index (χ3v) is 3.35. The average Bonchev–Trinajstić information content (AvgIpc) is 2.55. The Morgan fingerprint density at radius 2 is 1.78 bits per heavy atom. The van der Waals surface area contributed by atoms with Gasteiger partial charge in [-0.25, -0.2) is 0 Å². The van der Waals surface area contributed by atoms with E-state index in [1.165, 1.54) is 0 Å².